The zero-order valence-corrected chi connectivity index (χ0v) is 20.3. The number of methoxy groups -OCH3 is 1. The van der Waals surface area contributed by atoms with Crippen molar-refractivity contribution in [2.45, 2.75) is 33.2 Å². The van der Waals surface area contributed by atoms with Gasteiger partial charge in [0.2, 0.25) is 0 Å². The third-order valence-electron chi connectivity index (χ3n) is 4.48. The SMILES string of the molecule is CCCCNC(=NCc1nnc(C)n1C)N(C)CCOc1ccc(OC)cc1.I. The zero-order chi connectivity index (χ0) is 20.4. The number of likely N-dealkylation sites (N-methyl/N-ethyl adjacent to an activating group) is 1. The summed E-state index contributed by atoms with van der Waals surface area (Å²) in [5.74, 6) is 4.20. The first-order valence-corrected chi connectivity index (χ1v) is 9.66. The first-order valence-electron chi connectivity index (χ1n) is 9.66. The highest BCUT2D eigenvalue weighted by molar-refractivity contribution is 14.0. The Morgan fingerprint density at radius 3 is 2.48 bits per heavy atom. The minimum Gasteiger partial charge on any atom is -0.497 e. The molecule has 0 saturated heterocycles. The van der Waals surface area contributed by atoms with E-state index in [2.05, 4.69) is 27.3 Å². The smallest absolute Gasteiger partial charge is 0.194 e. The fourth-order valence-corrected chi connectivity index (χ4v) is 2.50. The summed E-state index contributed by atoms with van der Waals surface area (Å²) in [7, 11) is 5.62. The van der Waals surface area contributed by atoms with Crippen molar-refractivity contribution in [2.75, 3.05) is 33.9 Å². The second-order valence-electron chi connectivity index (χ2n) is 6.59. The van der Waals surface area contributed by atoms with Gasteiger partial charge in [-0.2, -0.15) is 0 Å². The monoisotopic (exact) mass is 516 g/mol. The van der Waals surface area contributed by atoms with Crippen LogP contribution in [0.1, 0.15) is 31.4 Å². The van der Waals surface area contributed by atoms with Crippen LogP contribution in [0.15, 0.2) is 29.3 Å². The van der Waals surface area contributed by atoms with E-state index in [4.69, 9.17) is 14.5 Å². The van der Waals surface area contributed by atoms with E-state index < -0.39 is 0 Å². The van der Waals surface area contributed by atoms with Gasteiger partial charge in [-0.3, -0.25) is 0 Å². The predicted octanol–water partition coefficient (Wildman–Crippen LogP) is 3.01. The van der Waals surface area contributed by atoms with Gasteiger partial charge in [0.05, 0.1) is 13.7 Å². The van der Waals surface area contributed by atoms with Crippen molar-refractivity contribution >= 4 is 29.9 Å². The minimum atomic E-state index is 0. The number of aryl methyl sites for hydroxylation is 1. The Morgan fingerprint density at radius 1 is 1.21 bits per heavy atom. The Bertz CT molecular complexity index is 748. The predicted molar refractivity (Wildman–Crippen MR) is 126 cm³/mol. The lowest BCUT2D eigenvalue weighted by Gasteiger charge is -2.22. The highest BCUT2D eigenvalue weighted by Gasteiger charge is 2.09. The molecule has 1 aromatic heterocycles. The molecular weight excluding hydrogens is 483 g/mol. The number of aliphatic imine (C=N–C) groups is 1. The minimum absolute atomic E-state index is 0. The van der Waals surface area contributed by atoms with Gasteiger partial charge in [0.15, 0.2) is 11.8 Å². The Hall–Kier alpha value is -2.04. The summed E-state index contributed by atoms with van der Waals surface area (Å²) in [6.45, 7) is 6.74. The number of hydrogen-bond acceptors (Lipinski definition) is 5. The summed E-state index contributed by atoms with van der Waals surface area (Å²) in [6, 6.07) is 7.59. The molecule has 0 aliphatic heterocycles. The molecule has 0 bridgehead atoms. The van der Waals surface area contributed by atoms with Crippen LogP contribution in [0.3, 0.4) is 0 Å². The average Bonchev–Trinajstić information content (AvgIpc) is 3.03. The number of ether oxygens (including phenoxy) is 2. The molecule has 29 heavy (non-hydrogen) atoms. The number of nitrogens with zero attached hydrogens (tertiary/aromatic N) is 5. The van der Waals surface area contributed by atoms with Crippen LogP contribution in [-0.2, 0) is 13.6 Å². The van der Waals surface area contributed by atoms with E-state index in [-0.39, 0.29) is 24.0 Å². The molecule has 0 fully saturated rings. The summed E-state index contributed by atoms with van der Waals surface area (Å²) in [6.07, 6.45) is 2.23. The van der Waals surface area contributed by atoms with Crippen molar-refractivity contribution in [3.05, 3.63) is 35.9 Å². The number of hydrogen-bond donors (Lipinski definition) is 1. The molecule has 0 aliphatic carbocycles. The Morgan fingerprint density at radius 2 is 1.90 bits per heavy atom. The van der Waals surface area contributed by atoms with Gasteiger partial charge >= 0.3 is 0 Å². The second-order valence-corrected chi connectivity index (χ2v) is 6.59. The van der Waals surface area contributed by atoms with Gasteiger partial charge in [-0.1, -0.05) is 13.3 Å². The van der Waals surface area contributed by atoms with Gasteiger partial charge in [-0.05, 0) is 37.6 Å². The molecule has 0 unspecified atom stereocenters. The van der Waals surface area contributed by atoms with Crippen LogP contribution in [-0.4, -0.2) is 59.5 Å². The van der Waals surface area contributed by atoms with Crippen LogP contribution in [0.25, 0.3) is 0 Å². The third-order valence-corrected chi connectivity index (χ3v) is 4.48. The Kier molecular flexibility index (Phi) is 11.4. The number of benzene rings is 1. The normalized spacial score (nSPS) is 11.0. The maximum Gasteiger partial charge on any atom is 0.194 e. The highest BCUT2D eigenvalue weighted by Crippen LogP contribution is 2.16. The van der Waals surface area contributed by atoms with Crippen molar-refractivity contribution in [1.29, 1.82) is 0 Å². The van der Waals surface area contributed by atoms with Crippen LogP contribution in [0, 0.1) is 6.92 Å². The number of nitrogens with one attached hydrogen (secondary N) is 1. The molecule has 0 amide bonds. The van der Waals surface area contributed by atoms with Crippen LogP contribution in [0.2, 0.25) is 0 Å². The van der Waals surface area contributed by atoms with Gasteiger partial charge in [0.25, 0.3) is 0 Å². The van der Waals surface area contributed by atoms with E-state index in [9.17, 15) is 0 Å². The van der Waals surface area contributed by atoms with Gasteiger partial charge in [-0.25, -0.2) is 4.99 Å². The van der Waals surface area contributed by atoms with E-state index in [1.807, 2.05) is 49.9 Å². The fourth-order valence-electron chi connectivity index (χ4n) is 2.50. The van der Waals surface area contributed by atoms with E-state index in [1.54, 1.807) is 7.11 Å². The van der Waals surface area contributed by atoms with Gasteiger partial charge in [0.1, 0.15) is 30.5 Å². The average molecular weight is 516 g/mol. The fraction of sp³-hybridized carbons (Fsp3) is 0.550. The largest absolute Gasteiger partial charge is 0.497 e. The van der Waals surface area contributed by atoms with Crippen molar-refractivity contribution in [3.63, 3.8) is 0 Å². The zero-order valence-electron chi connectivity index (χ0n) is 18.0. The molecule has 8 nitrogen and oxygen atoms in total. The molecule has 1 aromatic carbocycles. The lowest BCUT2D eigenvalue weighted by Crippen LogP contribution is -2.41. The van der Waals surface area contributed by atoms with E-state index in [0.717, 1.165) is 48.5 Å². The summed E-state index contributed by atoms with van der Waals surface area (Å²) < 4.78 is 13.0. The van der Waals surface area contributed by atoms with Crippen LogP contribution >= 0.6 is 24.0 Å². The molecule has 2 aromatic rings. The summed E-state index contributed by atoms with van der Waals surface area (Å²) >= 11 is 0. The summed E-state index contributed by atoms with van der Waals surface area (Å²) in [4.78, 5) is 6.80. The van der Waals surface area contributed by atoms with Gasteiger partial charge in [0, 0.05) is 20.6 Å². The maximum atomic E-state index is 5.83. The molecule has 0 spiro atoms. The van der Waals surface area contributed by atoms with Crippen LogP contribution in [0.4, 0.5) is 0 Å². The Labute approximate surface area is 190 Å². The van der Waals surface area contributed by atoms with Gasteiger partial charge in [-0.15, -0.1) is 34.2 Å². The molecule has 1 N–H and O–H groups in total. The molecule has 0 saturated carbocycles. The highest BCUT2D eigenvalue weighted by atomic mass is 127. The van der Waals surface area contributed by atoms with Gasteiger partial charge < -0.3 is 24.3 Å². The first-order chi connectivity index (χ1) is 13.5. The lowest BCUT2D eigenvalue weighted by molar-refractivity contribution is 0.280. The van der Waals surface area contributed by atoms with Crippen molar-refractivity contribution in [3.8, 4) is 11.5 Å². The Balaban J connectivity index is 0.00000420. The maximum absolute atomic E-state index is 5.83. The van der Waals surface area contributed by atoms with Crippen LogP contribution < -0.4 is 14.8 Å². The number of unbranched alkanes of at least 4 members (excludes halogenated alkanes) is 1. The summed E-state index contributed by atoms with van der Waals surface area (Å²) in [5, 5.41) is 11.7. The molecule has 162 valence electrons. The molecule has 1 heterocycles. The number of aromatic nitrogens is 3. The topological polar surface area (TPSA) is 76.8 Å². The van der Waals surface area contributed by atoms with E-state index in [1.165, 1.54) is 0 Å². The standard InChI is InChI=1S/C20H32N6O2.HI/c1-6-7-12-21-20(22-15-19-24-23-16(2)26(19)4)25(3)13-14-28-18-10-8-17(27-5)9-11-18;/h8-11H,6-7,12-15H2,1-5H3,(H,21,22);1H. The number of rotatable bonds is 10. The van der Waals surface area contributed by atoms with Crippen molar-refractivity contribution < 1.29 is 9.47 Å². The van der Waals surface area contributed by atoms with E-state index >= 15 is 0 Å². The molecular formula is C20H33IN6O2. The number of halogens is 1. The summed E-state index contributed by atoms with van der Waals surface area (Å²) in [5.41, 5.74) is 0. The molecule has 0 atom stereocenters. The number of guanidine groups is 1. The van der Waals surface area contributed by atoms with Crippen molar-refractivity contribution in [1.82, 2.24) is 25.0 Å². The molecule has 2 rings (SSSR count). The van der Waals surface area contributed by atoms with E-state index in [0.29, 0.717) is 19.7 Å². The second kappa shape index (κ2) is 13.2. The quantitative estimate of drug-likeness (QED) is 0.227. The lowest BCUT2D eigenvalue weighted by atomic mass is 10.3. The third kappa shape index (κ3) is 8.08. The molecule has 0 aliphatic rings. The molecule has 9 heteroatoms. The first kappa shape index (κ1) is 25.0. The molecule has 0 radical (unpaired) electrons. The van der Waals surface area contributed by atoms with Crippen LogP contribution in [0.5, 0.6) is 11.5 Å². The van der Waals surface area contributed by atoms with Crippen molar-refractivity contribution in [2.24, 2.45) is 12.0 Å².